The molecule has 100 valence electrons. The van der Waals surface area contributed by atoms with Gasteiger partial charge in [0.1, 0.15) is 0 Å². The van der Waals surface area contributed by atoms with Crippen molar-refractivity contribution in [3.63, 3.8) is 0 Å². The minimum absolute atomic E-state index is 0.154. The number of rotatable bonds is 4. The first-order chi connectivity index (χ1) is 9.10. The summed E-state index contributed by atoms with van der Waals surface area (Å²) in [5.41, 5.74) is 12.2. The van der Waals surface area contributed by atoms with Gasteiger partial charge in [-0.1, -0.05) is 30.3 Å². The van der Waals surface area contributed by atoms with Crippen molar-refractivity contribution in [3.05, 3.63) is 64.7 Å². The Morgan fingerprint density at radius 2 is 1.79 bits per heavy atom. The highest BCUT2D eigenvalue weighted by atomic mass is 14.9. The monoisotopic (exact) mass is 254 g/mol. The molecular weight excluding hydrogens is 232 g/mol. The molecule has 0 fully saturated rings. The van der Waals surface area contributed by atoms with Crippen LogP contribution in [0.5, 0.6) is 0 Å². The maximum Gasteiger partial charge on any atom is 0.0636 e. The second-order valence-corrected chi connectivity index (χ2v) is 5.15. The number of nitrogens with two attached hydrogens (primary N) is 1. The SMILES string of the molecule is Cc1cccc(NC(CN)c2ccc(C)c(C)c2)c1. The van der Waals surface area contributed by atoms with E-state index < -0.39 is 0 Å². The van der Waals surface area contributed by atoms with Crippen molar-refractivity contribution in [2.75, 3.05) is 11.9 Å². The topological polar surface area (TPSA) is 38.0 Å². The average Bonchev–Trinajstić information content (AvgIpc) is 2.39. The van der Waals surface area contributed by atoms with Gasteiger partial charge in [0.2, 0.25) is 0 Å². The molecule has 0 aliphatic heterocycles. The third-order valence-corrected chi connectivity index (χ3v) is 3.53. The lowest BCUT2D eigenvalue weighted by Crippen LogP contribution is -2.20. The second kappa shape index (κ2) is 5.89. The first kappa shape index (κ1) is 13.6. The highest BCUT2D eigenvalue weighted by Crippen LogP contribution is 2.21. The molecule has 0 amide bonds. The molecule has 0 aromatic heterocycles. The molecule has 2 nitrogen and oxygen atoms in total. The summed E-state index contributed by atoms with van der Waals surface area (Å²) in [5, 5.41) is 3.51. The van der Waals surface area contributed by atoms with Crippen molar-refractivity contribution in [2.24, 2.45) is 5.73 Å². The largest absolute Gasteiger partial charge is 0.377 e. The fourth-order valence-corrected chi connectivity index (χ4v) is 2.20. The van der Waals surface area contributed by atoms with E-state index in [0.29, 0.717) is 6.54 Å². The smallest absolute Gasteiger partial charge is 0.0636 e. The van der Waals surface area contributed by atoms with Crippen LogP contribution in [0.25, 0.3) is 0 Å². The van der Waals surface area contributed by atoms with E-state index in [2.05, 4.69) is 68.6 Å². The lowest BCUT2D eigenvalue weighted by molar-refractivity contribution is 0.788. The summed E-state index contributed by atoms with van der Waals surface area (Å²) in [7, 11) is 0. The van der Waals surface area contributed by atoms with Crippen LogP contribution in [0.15, 0.2) is 42.5 Å². The zero-order chi connectivity index (χ0) is 13.8. The van der Waals surface area contributed by atoms with Crippen LogP contribution in [0.1, 0.15) is 28.3 Å². The average molecular weight is 254 g/mol. The fraction of sp³-hybridized carbons (Fsp3) is 0.294. The Balaban J connectivity index is 2.22. The molecular formula is C17H22N2. The lowest BCUT2D eigenvalue weighted by Gasteiger charge is -2.20. The van der Waals surface area contributed by atoms with Crippen LogP contribution in [0, 0.1) is 20.8 Å². The van der Waals surface area contributed by atoms with Gasteiger partial charge in [-0.25, -0.2) is 0 Å². The first-order valence-corrected chi connectivity index (χ1v) is 6.70. The first-order valence-electron chi connectivity index (χ1n) is 6.70. The fourth-order valence-electron chi connectivity index (χ4n) is 2.20. The van der Waals surface area contributed by atoms with E-state index >= 15 is 0 Å². The van der Waals surface area contributed by atoms with Crippen LogP contribution < -0.4 is 11.1 Å². The van der Waals surface area contributed by atoms with Gasteiger partial charge in [0.25, 0.3) is 0 Å². The number of anilines is 1. The minimum Gasteiger partial charge on any atom is -0.377 e. The van der Waals surface area contributed by atoms with Gasteiger partial charge in [-0.05, 0) is 55.2 Å². The van der Waals surface area contributed by atoms with Crippen molar-refractivity contribution in [1.29, 1.82) is 0 Å². The summed E-state index contributed by atoms with van der Waals surface area (Å²) in [6.07, 6.45) is 0. The summed E-state index contributed by atoms with van der Waals surface area (Å²) in [4.78, 5) is 0. The standard InChI is InChI=1S/C17H22N2/c1-12-5-4-6-16(9-12)19-17(11-18)15-8-7-13(2)14(3)10-15/h4-10,17,19H,11,18H2,1-3H3. The maximum absolute atomic E-state index is 5.92. The summed E-state index contributed by atoms with van der Waals surface area (Å²) < 4.78 is 0. The maximum atomic E-state index is 5.92. The van der Waals surface area contributed by atoms with E-state index in [0.717, 1.165) is 5.69 Å². The Labute approximate surface area is 115 Å². The zero-order valence-electron chi connectivity index (χ0n) is 11.9. The molecule has 19 heavy (non-hydrogen) atoms. The van der Waals surface area contributed by atoms with E-state index in [1.165, 1.54) is 22.3 Å². The van der Waals surface area contributed by atoms with Gasteiger partial charge in [0.05, 0.1) is 6.04 Å². The predicted octanol–water partition coefficient (Wildman–Crippen LogP) is 3.72. The molecule has 0 heterocycles. The molecule has 0 saturated carbocycles. The number of benzene rings is 2. The van der Waals surface area contributed by atoms with Crippen LogP contribution in [-0.2, 0) is 0 Å². The van der Waals surface area contributed by atoms with Crippen molar-refractivity contribution in [1.82, 2.24) is 0 Å². The predicted molar refractivity (Wildman–Crippen MR) is 82.5 cm³/mol. The summed E-state index contributed by atoms with van der Waals surface area (Å²) in [6, 6.07) is 15.1. The van der Waals surface area contributed by atoms with Gasteiger partial charge in [-0.3, -0.25) is 0 Å². The molecule has 3 N–H and O–H groups in total. The van der Waals surface area contributed by atoms with Crippen molar-refractivity contribution in [2.45, 2.75) is 26.8 Å². The minimum atomic E-state index is 0.154. The van der Waals surface area contributed by atoms with Crippen LogP contribution in [0.2, 0.25) is 0 Å². The number of hydrogen-bond acceptors (Lipinski definition) is 2. The Hall–Kier alpha value is -1.80. The number of aryl methyl sites for hydroxylation is 3. The van der Waals surface area contributed by atoms with Crippen LogP contribution >= 0.6 is 0 Å². The molecule has 0 bridgehead atoms. The molecule has 2 aromatic rings. The summed E-state index contributed by atoms with van der Waals surface area (Å²) in [6.45, 7) is 6.94. The highest BCUT2D eigenvalue weighted by Gasteiger charge is 2.10. The second-order valence-electron chi connectivity index (χ2n) is 5.15. The molecule has 0 aliphatic rings. The Morgan fingerprint density at radius 3 is 2.42 bits per heavy atom. The van der Waals surface area contributed by atoms with Crippen molar-refractivity contribution >= 4 is 5.69 Å². The van der Waals surface area contributed by atoms with E-state index in [4.69, 9.17) is 5.73 Å². The Kier molecular flexibility index (Phi) is 4.23. The normalized spacial score (nSPS) is 12.2. The van der Waals surface area contributed by atoms with Gasteiger partial charge in [-0.15, -0.1) is 0 Å². The third-order valence-electron chi connectivity index (χ3n) is 3.53. The quantitative estimate of drug-likeness (QED) is 0.872. The molecule has 2 heteroatoms. The molecule has 0 saturated heterocycles. The molecule has 0 spiro atoms. The molecule has 2 rings (SSSR count). The van der Waals surface area contributed by atoms with Crippen LogP contribution in [0.4, 0.5) is 5.69 Å². The zero-order valence-corrected chi connectivity index (χ0v) is 11.9. The number of nitrogens with one attached hydrogen (secondary N) is 1. The van der Waals surface area contributed by atoms with E-state index in [-0.39, 0.29) is 6.04 Å². The van der Waals surface area contributed by atoms with E-state index in [9.17, 15) is 0 Å². The van der Waals surface area contributed by atoms with Gasteiger partial charge >= 0.3 is 0 Å². The lowest BCUT2D eigenvalue weighted by atomic mass is 10.0. The Morgan fingerprint density at radius 1 is 1.00 bits per heavy atom. The van der Waals surface area contributed by atoms with E-state index in [1.807, 2.05) is 0 Å². The molecule has 1 unspecified atom stereocenters. The molecule has 0 aliphatic carbocycles. The molecule has 0 radical (unpaired) electrons. The van der Waals surface area contributed by atoms with Crippen molar-refractivity contribution < 1.29 is 0 Å². The van der Waals surface area contributed by atoms with Gasteiger partial charge in [-0.2, -0.15) is 0 Å². The summed E-state index contributed by atoms with van der Waals surface area (Å²) >= 11 is 0. The molecule has 1 atom stereocenters. The highest BCUT2D eigenvalue weighted by molar-refractivity contribution is 5.48. The Bertz CT molecular complexity index is 561. The van der Waals surface area contributed by atoms with E-state index in [1.54, 1.807) is 0 Å². The van der Waals surface area contributed by atoms with Gasteiger partial charge in [0.15, 0.2) is 0 Å². The molecule has 2 aromatic carbocycles. The van der Waals surface area contributed by atoms with Crippen LogP contribution in [0.3, 0.4) is 0 Å². The van der Waals surface area contributed by atoms with Crippen molar-refractivity contribution in [3.8, 4) is 0 Å². The van der Waals surface area contributed by atoms with Gasteiger partial charge in [0, 0.05) is 12.2 Å². The van der Waals surface area contributed by atoms with Crippen LogP contribution in [-0.4, -0.2) is 6.54 Å². The van der Waals surface area contributed by atoms with Gasteiger partial charge < -0.3 is 11.1 Å². The summed E-state index contributed by atoms with van der Waals surface area (Å²) in [5.74, 6) is 0. The number of hydrogen-bond donors (Lipinski definition) is 2. The third kappa shape index (κ3) is 3.36.